The van der Waals surface area contributed by atoms with Crippen LogP contribution in [0, 0.1) is 0 Å². The molecule has 0 N–H and O–H groups in total. The van der Waals surface area contributed by atoms with Crippen LogP contribution in [0.4, 0.5) is 0 Å². The van der Waals surface area contributed by atoms with Gasteiger partial charge in [0.25, 0.3) is 0 Å². The van der Waals surface area contributed by atoms with Crippen LogP contribution in [0.25, 0.3) is 11.1 Å². The largest absolute Gasteiger partial charge is 0.390 e. The minimum Gasteiger partial charge on any atom is -0.390 e. The summed E-state index contributed by atoms with van der Waals surface area (Å²) in [6, 6.07) is 25.8. The van der Waals surface area contributed by atoms with Gasteiger partial charge >= 0.3 is 0 Å². The Labute approximate surface area is 141 Å². The van der Waals surface area contributed by atoms with E-state index in [9.17, 15) is 0 Å². The van der Waals surface area contributed by atoms with Crippen molar-refractivity contribution in [3.05, 3.63) is 95.0 Å². The zero-order valence-electron chi connectivity index (χ0n) is 12.4. The highest BCUT2D eigenvalue weighted by Crippen LogP contribution is 2.20. The molecule has 0 atom stereocenters. The lowest BCUT2D eigenvalue weighted by molar-refractivity contribution is 0.132. The van der Waals surface area contributed by atoms with E-state index in [1.807, 2.05) is 48.5 Å². The van der Waals surface area contributed by atoms with Crippen LogP contribution in [0.5, 0.6) is 0 Å². The van der Waals surface area contributed by atoms with Crippen LogP contribution in [-0.2, 0) is 11.4 Å². The Hall–Kier alpha value is -2.58. The molecule has 0 amide bonds. The fourth-order valence-electron chi connectivity index (χ4n) is 2.21. The molecular weight excluding hydrogens is 306 g/mol. The summed E-state index contributed by atoms with van der Waals surface area (Å²) < 4.78 is 0. The minimum atomic E-state index is 0.387. The van der Waals surface area contributed by atoms with Crippen molar-refractivity contribution in [2.24, 2.45) is 5.16 Å². The lowest BCUT2D eigenvalue weighted by Gasteiger charge is -2.05. The summed E-state index contributed by atoms with van der Waals surface area (Å²) in [6.45, 7) is 0.387. The molecular formula is C20H15ClNO. The van der Waals surface area contributed by atoms with Crippen LogP contribution in [0.1, 0.15) is 11.1 Å². The van der Waals surface area contributed by atoms with Gasteiger partial charge in [0.1, 0.15) is 12.8 Å². The summed E-state index contributed by atoms with van der Waals surface area (Å²) in [4.78, 5) is 5.32. The summed E-state index contributed by atoms with van der Waals surface area (Å²) in [7, 11) is 0. The van der Waals surface area contributed by atoms with Gasteiger partial charge in [0.05, 0.1) is 5.02 Å². The molecule has 0 aliphatic carbocycles. The van der Waals surface area contributed by atoms with Crippen LogP contribution < -0.4 is 0 Å². The van der Waals surface area contributed by atoms with Crippen LogP contribution in [0.15, 0.2) is 84.0 Å². The van der Waals surface area contributed by atoms with Gasteiger partial charge < -0.3 is 4.84 Å². The Kier molecular flexibility index (Phi) is 5.07. The molecule has 113 valence electrons. The molecule has 0 aromatic heterocycles. The first kappa shape index (κ1) is 15.3. The van der Waals surface area contributed by atoms with Gasteiger partial charge in [-0.1, -0.05) is 83.5 Å². The first-order chi connectivity index (χ1) is 11.3. The monoisotopic (exact) mass is 320 g/mol. The predicted molar refractivity (Wildman–Crippen MR) is 94.7 cm³/mol. The fraction of sp³-hybridized carbons (Fsp3) is 0.0500. The summed E-state index contributed by atoms with van der Waals surface area (Å²) in [5, 5.41) is 4.47. The van der Waals surface area contributed by atoms with E-state index in [1.165, 1.54) is 5.56 Å². The number of halogens is 1. The maximum absolute atomic E-state index is 6.03. The Morgan fingerprint density at radius 1 is 0.826 bits per heavy atom. The van der Waals surface area contributed by atoms with Gasteiger partial charge in [-0.25, -0.2) is 0 Å². The average molecular weight is 321 g/mol. The second-order valence-corrected chi connectivity index (χ2v) is 5.43. The van der Waals surface area contributed by atoms with E-state index in [0.717, 1.165) is 11.1 Å². The molecule has 3 rings (SSSR count). The zero-order valence-corrected chi connectivity index (χ0v) is 13.2. The third-order valence-electron chi connectivity index (χ3n) is 3.37. The van der Waals surface area contributed by atoms with Gasteiger partial charge in [-0.05, 0) is 28.8 Å². The maximum Gasteiger partial charge on any atom is 0.142 e. The van der Waals surface area contributed by atoms with Crippen molar-refractivity contribution >= 4 is 17.8 Å². The Morgan fingerprint density at radius 3 is 2.39 bits per heavy atom. The molecule has 3 aromatic rings. The summed E-state index contributed by atoms with van der Waals surface area (Å²) >= 11 is 6.03. The normalized spacial score (nSPS) is 10.8. The van der Waals surface area contributed by atoms with Crippen LogP contribution in [0.3, 0.4) is 0 Å². The molecule has 3 aromatic carbocycles. The van der Waals surface area contributed by atoms with Crippen molar-refractivity contribution < 1.29 is 4.84 Å². The van der Waals surface area contributed by atoms with Gasteiger partial charge in [0, 0.05) is 5.56 Å². The van der Waals surface area contributed by atoms with Crippen molar-refractivity contribution in [1.82, 2.24) is 0 Å². The third-order valence-corrected chi connectivity index (χ3v) is 3.70. The number of hydrogen-bond donors (Lipinski definition) is 0. The van der Waals surface area contributed by atoms with E-state index < -0.39 is 0 Å². The molecule has 1 radical (unpaired) electrons. The van der Waals surface area contributed by atoms with Crippen molar-refractivity contribution in [3.63, 3.8) is 0 Å². The first-order valence-corrected chi connectivity index (χ1v) is 7.67. The quantitative estimate of drug-likeness (QED) is 0.453. The molecule has 0 unspecified atom stereocenters. The molecule has 3 heteroatoms. The van der Waals surface area contributed by atoms with Crippen LogP contribution in [0.2, 0.25) is 5.02 Å². The van der Waals surface area contributed by atoms with E-state index in [4.69, 9.17) is 16.4 Å². The number of rotatable bonds is 5. The second kappa shape index (κ2) is 7.61. The maximum atomic E-state index is 6.03. The summed E-state index contributed by atoms with van der Waals surface area (Å²) in [5.74, 6) is 0. The van der Waals surface area contributed by atoms with Crippen molar-refractivity contribution in [2.45, 2.75) is 6.61 Å². The number of hydrogen-bond acceptors (Lipinski definition) is 2. The molecule has 0 fully saturated rings. The zero-order chi connectivity index (χ0) is 15.9. The summed E-state index contributed by atoms with van der Waals surface area (Å²) in [6.07, 6.45) is 2.80. The fourth-order valence-corrected chi connectivity index (χ4v) is 2.39. The highest BCUT2D eigenvalue weighted by Gasteiger charge is 2.00. The Bertz CT molecular complexity index is 800. The van der Waals surface area contributed by atoms with Crippen molar-refractivity contribution in [2.75, 3.05) is 0 Å². The Balaban J connectivity index is 1.64. The molecule has 2 nitrogen and oxygen atoms in total. The predicted octanol–water partition coefficient (Wildman–Crippen LogP) is 5.43. The minimum absolute atomic E-state index is 0.387. The second-order valence-electron chi connectivity index (χ2n) is 5.02. The van der Waals surface area contributed by atoms with Crippen LogP contribution in [-0.4, -0.2) is 6.21 Å². The topological polar surface area (TPSA) is 21.6 Å². The van der Waals surface area contributed by atoms with Crippen molar-refractivity contribution in [3.8, 4) is 11.1 Å². The van der Waals surface area contributed by atoms with Crippen LogP contribution >= 0.6 is 11.6 Å². The van der Waals surface area contributed by atoms with Gasteiger partial charge in [-0.15, -0.1) is 0 Å². The van der Waals surface area contributed by atoms with E-state index >= 15 is 0 Å². The van der Waals surface area contributed by atoms with E-state index in [-0.39, 0.29) is 0 Å². The summed E-state index contributed by atoms with van der Waals surface area (Å²) in [5.41, 5.74) is 4.11. The molecule has 0 saturated carbocycles. The molecule has 0 aliphatic rings. The van der Waals surface area contributed by atoms with Crippen molar-refractivity contribution in [1.29, 1.82) is 0 Å². The highest BCUT2D eigenvalue weighted by atomic mass is 35.5. The smallest absolute Gasteiger partial charge is 0.142 e. The van der Waals surface area contributed by atoms with E-state index in [0.29, 0.717) is 17.2 Å². The molecule has 0 bridgehead atoms. The Morgan fingerprint density at radius 2 is 1.57 bits per heavy atom. The van der Waals surface area contributed by atoms with E-state index in [1.54, 1.807) is 6.07 Å². The molecule has 0 heterocycles. The molecule has 0 aliphatic heterocycles. The van der Waals surface area contributed by atoms with Gasteiger partial charge in [0.2, 0.25) is 0 Å². The first-order valence-electron chi connectivity index (χ1n) is 7.30. The molecule has 23 heavy (non-hydrogen) atoms. The lowest BCUT2D eigenvalue weighted by Crippen LogP contribution is -1.89. The average Bonchev–Trinajstić information content (AvgIpc) is 2.61. The van der Waals surface area contributed by atoms with Gasteiger partial charge in [0.15, 0.2) is 0 Å². The van der Waals surface area contributed by atoms with Gasteiger partial charge in [-0.3, -0.25) is 0 Å². The number of benzene rings is 3. The van der Waals surface area contributed by atoms with E-state index in [2.05, 4.69) is 35.6 Å². The van der Waals surface area contributed by atoms with Gasteiger partial charge in [-0.2, -0.15) is 0 Å². The highest BCUT2D eigenvalue weighted by molar-refractivity contribution is 6.33. The standard InChI is InChI=1S/C20H15ClNO/c21-20-12-5-4-10-19(20)14-22-23-15-16-7-6-11-18(13-16)17-8-2-1-3-9-17/h1-13H,15H2. The number of nitrogens with zero attached hydrogens (tertiary/aromatic N) is 1. The SMILES string of the molecule is Clc1ccccc1/[C]=N\OCc1cccc(-c2ccccc2)c1. The molecule has 0 spiro atoms. The third kappa shape index (κ3) is 4.21. The molecule has 0 saturated heterocycles. The lowest BCUT2D eigenvalue weighted by atomic mass is 10.0.